The van der Waals surface area contributed by atoms with Crippen molar-refractivity contribution in [2.24, 2.45) is 0 Å². The van der Waals surface area contributed by atoms with Gasteiger partial charge in [0, 0.05) is 17.6 Å². The van der Waals surface area contributed by atoms with Gasteiger partial charge in [-0.3, -0.25) is 9.59 Å². The molecule has 1 aromatic carbocycles. The van der Waals surface area contributed by atoms with Crippen molar-refractivity contribution in [3.05, 3.63) is 69.9 Å². The van der Waals surface area contributed by atoms with Crippen molar-refractivity contribution in [1.82, 2.24) is 20.2 Å². The van der Waals surface area contributed by atoms with Crippen molar-refractivity contribution in [1.29, 1.82) is 0 Å². The van der Waals surface area contributed by atoms with Gasteiger partial charge in [0.25, 0.3) is 11.8 Å². The predicted octanol–water partition coefficient (Wildman–Crippen LogP) is 2.37. The summed E-state index contributed by atoms with van der Waals surface area (Å²) in [6.45, 7) is 0.956. The molecule has 7 nitrogen and oxygen atoms in total. The Labute approximate surface area is 160 Å². The molecule has 138 valence electrons. The quantitative estimate of drug-likeness (QED) is 0.709. The summed E-state index contributed by atoms with van der Waals surface area (Å²) in [5.74, 6) is 0.424. The molecule has 0 bridgehead atoms. The van der Waals surface area contributed by atoms with Crippen molar-refractivity contribution < 1.29 is 14.3 Å². The lowest BCUT2D eigenvalue weighted by molar-refractivity contribution is 0.0894. The van der Waals surface area contributed by atoms with Crippen LogP contribution in [0.3, 0.4) is 0 Å². The third-order valence-electron chi connectivity index (χ3n) is 4.42. The minimum Gasteiger partial charge on any atom is -0.497 e. The first-order valence-electron chi connectivity index (χ1n) is 8.46. The Kier molecular flexibility index (Phi) is 4.64. The number of fused-ring (bicyclic) bond motifs is 1. The zero-order valence-electron chi connectivity index (χ0n) is 14.6. The van der Waals surface area contributed by atoms with E-state index in [4.69, 9.17) is 4.74 Å². The topological polar surface area (TPSA) is 85.2 Å². The molecule has 1 atom stereocenters. The number of carbonyl (C=O) groups is 2. The van der Waals surface area contributed by atoms with E-state index >= 15 is 0 Å². The molecule has 1 aliphatic heterocycles. The number of ether oxygens (including phenoxy) is 1. The van der Waals surface area contributed by atoms with Gasteiger partial charge in [0.2, 0.25) is 0 Å². The Morgan fingerprint density at radius 1 is 1.37 bits per heavy atom. The maximum atomic E-state index is 12.4. The fraction of sp³-hybridized carbons (Fsp3) is 0.211. The second-order valence-corrected chi connectivity index (χ2v) is 7.20. The van der Waals surface area contributed by atoms with Crippen LogP contribution in [0.25, 0.3) is 0 Å². The van der Waals surface area contributed by atoms with Crippen LogP contribution < -0.4 is 15.4 Å². The van der Waals surface area contributed by atoms with Crippen LogP contribution in [-0.2, 0) is 13.1 Å². The zero-order valence-corrected chi connectivity index (χ0v) is 15.5. The van der Waals surface area contributed by atoms with E-state index in [1.54, 1.807) is 29.2 Å². The molecule has 0 saturated carbocycles. The van der Waals surface area contributed by atoms with Crippen molar-refractivity contribution >= 4 is 23.2 Å². The molecule has 0 aliphatic carbocycles. The van der Waals surface area contributed by atoms with E-state index < -0.39 is 0 Å². The summed E-state index contributed by atoms with van der Waals surface area (Å²) in [5, 5.41) is 7.73. The number of carbonyl (C=O) groups excluding carboxylic acids is 2. The predicted molar refractivity (Wildman–Crippen MR) is 101 cm³/mol. The second-order valence-electron chi connectivity index (χ2n) is 6.16. The van der Waals surface area contributed by atoms with Gasteiger partial charge in [-0.05, 0) is 29.1 Å². The third-order valence-corrected chi connectivity index (χ3v) is 5.29. The number of rotatable bonds is 5. The number of benzene rings is 1. The fourth-order valence-electron chi connectivity index (χ4n) is 3.01. The molecule has 2 amide bonds. The van der Waals surface area contributed by atoms with Gasteiger partial charge >= 0.3 is 0 Å². The van der Waals surface area contributed by atoms with E-state index in [1.165, 1.54) is 0 Å². The molecule has 8 heteroatoms. The molecule has 0 fully saturated rings. The molecule has 3 heterocycles. The minimum atomic E-state index is -0.293. The Morgan fingerprint density at radius 3 is 2.89 bits per heavy atom. The Morgan fingerprint density at radius 2 is 2.19 bits per heavy atom. The molecule has 0 saturated heterocycles. The number of hydrogen-bond acceptors (Lipinski definition) is 5. The van der Waals surface area contributed by atoms with Crippen molar-refractivity contribution in [3.8, 4) is 5.75 Å². The highest BCUT2D eigenvalue weighted by Crippen LogP contribution is 2.23. The number of nitrogens with one attached hydrogen (secondary N) is 2. The molecule has 0 radical (unpaired) electrons. The molecule has 2 N–H and O–H groups in total. The Hall–Kier alpha value is -3.13. The Balaban J connectivity index is 1.49. The Bertz CT molecular complexity index is 964. The van der Waals surface area contributed by atoms with Crippen LogP contribution in [0, 0.1) is 0 Å². The second kappa shape index (κ2) is 7.24. The van der Waals surface area contributed by atoms with Crippen LogP contribution in [0.15, 0.2) is 48.0 Å². The van der Waals surface area contributed by atoms with Crippen LogP contribution in [0.1, 0.15) is 37.6 Å². The highest BCUT2D eigenvalue weighted by atomic mass is 32.1. The maximum absolute atomic E-state index is 12.4. The van der Waals surface area contributed by atoms with E-state index in [2.05, 4.69) is 15.6 Å². The van der Waals surface area contributed by atoms with E-state index in [0.29, 0.717) is 13.1 Å². The maximum Gasteiger partial charge on any atom is 0.287 e. The standard InChI is InChI=1S/C19H18N4O3S/c1-26-13-6-4-12(5-7-13)15-10-23-11-16(21-17(23)19(25)22-15)18(24)20-9-14-3-2-8-27-14/h2-8,11,15H,9-10H2,1H3,(H,20,24)(H,22,25). The molecule has 1 aliphatic rings. The summed E-state index contributed by atoms with van der Waals surface area (Å²) in [6, 6.07) is 11.2. The van der Waals surface area contributed by atoms with E-state index in [1.807, 2.05) is 41.8 Å². The molecule has 0 spiro atoms. The lowest BCUT2D eigenvalue weighted by atomic mass is 10.1. The van der Waals surface area contributed by atoms with Crippen molar-refractivity contribution in [2.45, 2.75) is 19.1 Å². The number of imidazole rings is 1. The van der Waals surface area contributed by atoms with Gasteiger partial charge in [-0.15, -0.1) is 11.3 Å². The number of nitrogens with zero attached hydrogens (tertiary/aromatic N) is 2. The lowest BCUT2D eigenvalue weighted by Gasteiger charge is -2.25. The van der Waals surface area contributed by atoms with Gasteiger partial charge in [0.05, 0.1) is 19.7 Å². The monoisotopic (exact) mass is 382 g/mol. The molecule has 27 heavy (non-hydrogen) atoms. The van der Waals surface area contributed by atoms with Gasteiger partial charge in [-0.25, -0.2) is 4.98 Å². The number of thiophene rings is 1. The van der Waals surface area contributed by atoms with Crippen LogP contribution in [-0.4, -0.2) is 28.5 Å². The van der Waals surface area contributed by atoms with Crippen LogP contribution in [0.5, 0.6) is 5.75 Å². The molecular weight excluding hydrogens is 364 g/mol. The van der Waals surface area contributed by atoms with Crippen molar-refractivity contribution in [3.63, 3.8) is 0 Å². The number of aromatic nitrogens is 2. The minimum absolute atomic E-state index is 0.188. The van der Waals surface area contributed by atoms with Gasteiger partial charge in [-0.1, -0.05) is 18.2 Å². The number of amides is 2. The summed E-state index contributed by atoms with van der Waals surface area (Å²) < 4.78 is 6.90. The lowest BCUT2D eigenvalue weighted by Crippen LogP contribution is -2.38. The highest BCUT2D eigenvalue weighted by Gasteiger charge is 2.28. The van der Waals surface area contributed by atoms with Gasteiger partial charge in [0.15, 0.2) is 5.82 Å². The fourth-order valence-corrected chi connectivity index (χ4v) is 3.65. The van der Waals surface area contributed by atoms with Gasteiger partial charge in [0.1, 0.15) is 11.4 Å². The smallest absolute Gasteiger partial charge is 0.287 e. The summed E-state index contributed by atoms with van der Waals surface area (Å²) in [5.41, 5.74) is 1.21. The zero-order chi connectivity index (χ0) is 18.8. The first-order chi connectivity index (χ1) is 13.1. The normalized spacial score (nSPS) is 15.7. The number of methoxy groups -OCH3 is 1. The van der Waals surface area contributed by atoms with Gasteiger partial charge < -0.3 is 19.9 Å². The van der Waals surface area contributed by atoms with Crippen LogP contribution in [0.4, 0.5) is 0 Å². The summed E-state index contributed by atoms with van der Waals surface area (Å²) in [6.07, 6.45) is 1.63. The SMILES string of the molecule is COc1ccc(C2Cn3cc(C(=O)NCc4cccs4)nc3C(=O)N2)cc1. The van der Waals surface area contributed by atoms with Crippen LogP contribution >= 0.6 is 11.3 Å². The summed E-state index contributed by atoms with van der Waals surface area (Å²) >= 11 is 1.57. The first kappa shape index (κ1) is 17.3. The first-order valence-corrected chi connectivity index (χ1v) is 9.34. The van der Waals surface area contributed by atoms with E-state index in [-0.39, 0.29) is 29.4 Å². The number of hydrogen-bond donors (Lipinski definition) is 2. The van der Waals surface area contributed by atoms with Gasteiger partial charge in [-0.2, -0.15) is 0 Å². The molecule has 3 aromatic rings. The summed E-state index contributed by atoms with van der Waals surface area (Å²) in [7, 11) is 1.61. The van der Waals surface area contributed by atoms with E-state index in [9.17, 15) is 9.59 Å². The molecule has 2 aromatic heterocycles. The largest absolute Gasteiger partial charge is 0.497 e. The van der Waals surface area contributed by atoms with Crippen LogP contribution in [0.2, 0.25) is 0 Å². The third kappa shape index (κ3) is 3.56. The van der Waals surface area contributed by atoms with E-state index in [0.717, 1.165) is 16.2 Å². The molecular formula is C19H18N4O3S. The average Bonchev–Trinajstić information content (AvgIpc) is 3.36. The molecule has 4 rings (SSSR count). The highest BCUT2D eigenvalue weighted by molar-refractivity contribution is 7.09. The van der Waals surface area contributed by atoms with Crippen molar-refractivity contribution in [2.75, 3.05) is 7.11 Å². The average molecular weight is 382 g/mol. The summed E-state index contributed by atoms with van der Waals surface area (Å²) in [4.78, 5) is 30.1. The molecule has 1 unspecified atom stereocenters.